The van der Waals surface area contributed by atoms with E-state index in [1.54, 1.807) is 18.3 Å². The molecule has 166 valence electrons. The van der Waals surface area contributed by atoms with Crippen molar-refractivity contribution in [3.63, 3.8) is 0 Å². The van der Waals surface area contributed by atoms with Gasteiger partial charge in [-0.3, -0.25) is 4.79 Å². The molecule has 2 aliphatic heterocycles. The number of anilines is 1. The number of aliphatic hydroxyl groups is 1. The number of nitrogens with zero attached hydrogens (tertiary/aromatic N) is 2. The molecule has 0 saturated carbocycles. The minimum atomic E-state index is -3.39. The van der Waals surface area contributed by atoms with Crippen LogP contribution in [0.15, 0.2) is 65.7 Å². The van der Waals surface area contributed by atoms with Crippen LogP contribution < -0.4 is 4.90 Å². The number of piperidine rings is 1. The molecule has 32 heavy (non-hydrogen) atoms. The molecular weight excluding hydrogens is 444 g/mol. The fourth-order valence-electron chi connectivity index (χ4n) is 5.02. The Morgan fingerprint density at radius 3 is 2.44 bits per heavy atom. The van der Waals surface area contributed by atoms with Gasteiger partial charge in [-0.1, -0.05) is 53.8 Å². The van der Waals surface area contributed by atoms with Crippen molar-refractivity contribution in [1.29, 1.82) is 0 Å². The third-order valence-electron chi connectivity index (χ3n) is 6.54. The second-order valence-corrected chi connectivity index (χ2v) is 11.8. The summed E-state index contributed by atoms with van der Waals surface area (Å²) in [4.78, 5) is 20.4. The summed E-state index contributed by atoms with van der Waals surface area (Å²) in [6, 6.07) is 16.3. The minimum absolute atomic E-state index is 0.127. The molecule has 2 bridgehead atoms. The lowest BCUT2D eigenvalue weighted by molar-refractivity contribution is -0.00303. The highest BCUT2D eigenvalue weighted by Crippen LogP contribution is 2.48. The van der Waals surface area contributed by atoms with Crippen LogP contribution in [0.2, 0.25) is 0 Å². The van der Waals surface area contributed by atoms with E-state index in [1.165, 1.54) is 23.5 Å². The van der Waals surface area contributed by atoms with Crippen molar-refractivity contribution in [3.8, 4) is 0 Å². The van der Waals surface area contributed by atoms with Gasteiger partial charge in [-0.2, -0.15) is 0 Å². The van der Waals surface area contributed by atoms with Crippen molar-refractivity contribution in [2.75, 3.05) is 11.2 Å². The first kappa shape index (κ1) is 21.3. The van der Waals surface area contributed by atoms with Crippen LogP contribution in [0.3, 0.4) is 0 Å². The summed E-state index contributed by atoms with van der Waals surface area (Å²) in [6.45, 7) is 0. The molecule has 8 heteroatoms. The molecule has 2 saturated heterocycles. The molecule has 6 nitrogen and oxygen atoms in total. The van der Waals surface area contributed by atoms with Gasteiger partial charge in [0.05, 0.1) is 21.6 Å². The van der Waals surface area contributed by atoms with Crippen LogP contribution in [0.4, 0.5) is 5.13 Å². The van der Waals surface area contributed by atoms with Gasteiger partial charge >= 0.3 is 0 Å². The number of fused-ring (bicyclic) bond motifs is 2. The highest BCUT2D eigenvalue weighted by Gasteiger charge is 2.49. The molecule has 2 aliphatic rings. The minimum Gasteiger partial charge on any atom is -0.385 e. The summed E-state index contributed by atoms with van der Waals surface area (Å²) in [7, 11) is -3.39. The molecule has 5 rings (SSSR count). The van der Waals surface area contributed by atoms with Crippen molar-refractivity contribution in [3.05, 3.63) is 76.8 Å². The van der Waals surface area contributed by atoms with E-state index in [4.69, 9.17) is 0 Å². The maximum Gasteiger partial charge on any atom is 0.204 e. The topological polar surface area (TPSA) is 87.6 Å². The number of rotatable bonds is 5. The number of benzene rings is 2. The zero-order valence-corrected chi connectivity index (χ0v) is 19.3. The van der Waals surface area contributed by atoms with Gasteiger partial charge in [-0.25, -0.2) is 13.4 Å². The Hall–Kier alpha value is -2.55. The van der Waals surface area contributed by atoms with Crippen LogP contribution in [0.1, 0.15) is 46.5 Å². The molecule has 2 fully saturated rings. The second-order valence-electron chi connectivity index (χ2n) is 8.73. The SMILES string of the molecule is CS(=O)(=O)c1cccc(C(=O)c2cnc(N3[C@@H]4CC[C@H]3CC(O)(c3ccccc3)C4)s2)c1. The van der Waals surface area contributed by atoms with E-state index in [9.17, 15) is 18.3 Å². The lowest BCUT2D eigenvalue weighted by atomic mass is 9.81. The van der Waals surface area contributed by atoms with E-state index in [1.807, 2.05) is 30.3 Å². The number of sulfone groups is 1. The number of ketones is 1. The van der Waals surface area contributed by atoms with Crippen LogP contribution in [-0.4, -0.2) is 42.6 Å². The average Bonchev–Trinajstić information content (AvgIpc) is 3.36. The highest BCUT2D eigenvalue weighted by atomic mass is 32.2. The zero-order chi connectivity index (χ0) is 22.5. The highest BCUT2D eigenvalue weighted by molar-refractivity contribution is 7.90. The van der Waals surface area contributed by atoms with Gasteiger partial charge in [-0.15, -0.1) is 0 Å². The van der Waals surface area contributed by atoms with E-state index in [2.05, 4.69) is 9.88 Å². The maximum atomic E-state index is 13.0. The normalized spacial score (nSPS) is 25.1. The van der Waals surface area contributed by atoms with E-state index >= 15 is 0 Å². The van der Waals surface area contributed by atoms with Crippen molar-refractivity contribution >= 4 is 32.1 Å². The fourth-order valence-corrected chi connectivity index (χ4v) is 6.71. The molecule has 1 aromatic heterocycles. The van der Waals surface area contributed by atoms with Crippen molar-refractivity contribution in [2.24, 2.45) is 0 Å². The third-order valence-corrected chi connectivity index (χ3v) is 8.66. The number of aromatic nitrogens is 1. The lowest BCUT2D eigenvalue weighted by Crippen LogP contribution is -2.49. The van der Waals surface area contributed by atoms with Gasteiger partial charge in [0.1, 0.15) is 0 Å². The van der Waals surface area contributed by atoms with Crippen LogP contribution in [-0.2, 0) is 15.4 Å². The number of thiazole rings is 1. The number of carbonyl (C=O) groups excluding carboxylic acids is 1. The Balaban J connectivity index is 1.39. The van der Waals surface area contributed by atoms with Crippen LogP contribution in [0.5, 0.6) is 0 Å². The van der Waals surface area contributed by atoms with Gasteiger partial charge < -0.3 is 10.0 Å². The van der Waals surface area contributed by atoms with Crippen LogP contribution in [0, 0.1) is 0 Å². The maximum absolute atomic E-state index is 13.0. The standard InChI is InChI=1S/C24H24N2O4S2/c1-32(29,30)20-9-5-6-16(12-20)22(27)21-15-25-23(31-21)26-18-10-11-19(26)14-24(28,13-18)17-7-3-2-4-8-17/h2-9,12,15,18-19,28H,10-11,13-14H2,1H3/t18-,19+,24?. The Labute approximate surface area is 191 Å². The second kappa shape index (κ2) is 7.79. The molecule has 2 aromatic carbocycles. The number of hydrogen-bond donors (Lipinski definition) is 1. The summed E-state index contributed by atoms with van der Waals surface area (Å²) in [6.07, 6.45) is 5.94. The van der Waals surface area contributed by atoms with Crippen molar-refractivity contribution in [2.45, 2.75) is 48.3 Å². The van der Waals surface area contributed by atoms with E-state index in [0.717, 1.165) is 29.8 Å². The third kappa shape index (κ3) is 3.76. The Bertz CT molecular complexity index is 1260. The predicted molar refractivity (Wildman–Crippen MR) is 124 cm³/mol. The fraction of sp³-hybridized carbons (Fsp3) is 0.333. The molecule has 3 heterocycles. The summed E-state index contributed by atoms with van der Waals surface area (Å²) < 4.78 is 23.7. The summed E-state index contributed by atoms with van der Waals surface area (Å²) in [5, 5.41) is 12.2. The first-order valence-electron chi connectivity index (χ1n) is 10.6. The quantitative estimate of drug-likeness (QED) is 0.573. The number of hydrogen-bond acceptors (Lipinski definition) is 7. The molecule has 0 radical (unpaired) electrons. The molecule has 0 spiro atoms. The van der Waals surface area contributed by atoms with Crippen LogP contribution >= 0.6 is 11.3 Å². The Morgan fingerprint density at radius 1 is 1.09 bits per heavy atom. The monoisotopic (exact) mass is 468 g/mol. The van der Waals surface area contributed by atoms with Crippen molar-refractivity contribution in [1.82, 2.24) is 4.98 Å². The van der Waals surface area contributed by atoms with Crippen LogP contribution in [0.25, 0.3) is 0 Å². The molecule has 0 amide bonds. The van der Waals surface area contributed by atoms with Gasteiger partial charge in [-0.05, 0) is 30.5 Å². The number of carbonyl (C=O) groups is 1. The molecule has 0 aliphatic carbocycles. The van der Waals surface area contributed by atoms with Gasteiger partial charge in [0.25, 0.3) is 0 Å². The molecule has 1 N–H and O–H groups in total. The molecule has 3 atom stereocenters. The van der Waals surface area contributed by atoms with Gasteiger partial charge in [0, 0.05) is 36.7 Å². The smallest absolute Gasteiger partial charge is 0.204 e. The lowest BCUT2D eigenvalue weighted by Gasteiger charge is -2.44. The zero-order valence-electron chi connectivity index (χ0n) is 17.6. The average molecular weight is 469 g/mol. The van der Waals surface area contributed by atoms with E-state index < -0.39 is 15.4 Å². The first-order chi connectivity index (χ1) is 15.2. The predicted octanol–water partition coefficient (Wildman–Crippen LogP) is 3.80. The van der Waals surface area contributed by atoms with Crippen molar-refractivity contribution < 1.29 is 18.3 Å². The Morgan fingerprint density at radius 2 is 1.78 bits per heavy atom. The molecule has 3 aromatic rings. The van der Waals surface area contributed by atoms with E-state index in [0.29, 0.717) is 23.3 Å². The first-order valence-corrected chi connectivity index (χ1v) is 13.3. The van der Waals surface area contributed by atoms with Gasteiger partial charge in [0.2, 0.25) is 5.78 Å². The molecular formula is C24H24N2O4S2. The van der Waals surface area contributed by atoms with E-state index in [-0.39, 0.29) is 22.8 Å². The van der Waals surface area contributed by atoms with Gasteiger partial charge in [0.15, 0.2) is 15.0 Å². The summed E-state index contributed by atoms with van der Waals surface area (Å²) in [5.74, 6) is -0.232. The largest absolute Gasteiger partial charge is 0.385 e. The Kier molecular flexibility index (Phi) is 5.19. The summed E-state index contributed by atoms with van der Waals surface area (Å²) in [5.41, 5.74) is 0.450. The molecule has 1 unspecified atom stereocenters. The summed E-state index contributed by atoms with van der Waals surface area (Å²) >= 11 is 1.33.